The maximum absolute atomic E-state index is 13.0. The lowest BCUT2D eigenvalue weighted by atomic mass is 10.2. The third kappa shape index (κ3) is 4.02. The molecule has 1 aromatic carbocycles. The fourth-order valence-corrected chi connectivity index (χ4v) is 3.71. The molecule has 30 heavy (non-hydrogen) atoms. The second-order valence-electron chi connectivity index (χ2n) is 6.99. The van der Waals surface area contributed by atoms with Crippen LogP contribution in [0.2, 0.25) is 0 Å². The summed E-state index contributed by atoms with van der Waals surface area (Å²) >= 11 is 5.42. The zero-order valence-electron chi connectivity index (χ0n) is 16.5. The fourth-order valence-electron chi connectivity index (χ4n) is 3.44. The molecule has 0 fully saturated rings. The summed E-state index contributed by atoms with van der Waals surface area (Å²) in [4.78, 5) is 31.2. The number of fused-ring (bicyclic) bond motifs is 3. The Morgan fingerprint density at radius 1 is 1.23 bits per heavy atom. The molecule has 0 radical (unpaired) electrons. The van der Waals surface area contributed by atoms with E-state index in [9.17, 15) is 9.59 Å². The van der Waals surface area contributed by atoms with Crippen molar-refractivity contribution in [2.45, 2.75) is 32.4 Å². The maximum atomic E-state index is 13.0. The van der Waals surface area contributed by atoms with Crippen molar-refractivity contribution in [2.75, 3.05) is 7.11 Å². The summed E-state index contributed by atoms with van der Waals surface area (Å²) in [6, 6.07) is 9.16. The third-order valence-corrected chi connectivity index (χ3v) is 5.34. The number of nitrogens with one attached hydrogen (secondary N) is 3. The Bertz CT molecular complexity index is 1300. The second-order valence-corrected chi connectivity index (χ2v) is 7.37. The van der Waals surface area contributed by atoms with Crippen molar-refractivity contribution >= 4 is 40.1 Å². The van der Waals surface area contributed by atoms with Crippen LogP contribution >= 0.6 is 12.2 Å². The van der Waals surface area contributed by atoms with Crippen molar-refractivity contribution in [2.24, 2.45) is 0 Å². The maximum Gasteiger partial charge on any atom is 0.278 e. The van der Waals surface area contributed by atoms with Gasteiger partial charge in [0.15, 0.2) is 4.77 Å². The molecule has 0 unspecified atom stereocenters. The van der Waals surface area contributed by atoms with Crippen LogP contribution in [0.25, 0.3) is 21.9 Å². The molecule has 8 nitrogen and oxygen atoms in total. The van der Waals surface area contributed by atoms with Gasteiger partial charge in [-0.05, 0) is 55.4 Å². The van der Waals surface area contributed by atoms with Crippen molar-refractivity contribution in [3.63, 3.8) is 0 Å². The topological polar surface area (TPSA) is 105 Å². The summed E-state index contributed by atoms with van der Waals surface area (Å²) in [6.07, 6.45) is 3.25. The van der Waals surface area contributed by atoms with E-state index in [1.54, 1.807) is 19.4 Å². The number of aromatic nitrogens is 3. The normalized spacial score (nSPS) is 11.2. The molecule has 4 rings (SSSR count). The molecule has 0 saturated carbocycles. The number of methoxy groups -OCH3 is 1. The quantitative estimate of drug-likeness (QED) is 0.295. The van der Waals surface area contributed by atoms with Gasteiger partial charge in [-0.15, -0.1) is 0 Å². The van der Waals surface area contributed by atoms with E-state index < -0.39 is 0 Å². The van der Waals surface area contributed by atoms with E-state index in [-0.39, 0.29) is 11.5 Å². The Morgan fingerprint density at radius 2 is 2.10 bits per heavy atom. The second kappa shape index (κ2) is 8.58. The fraction of sp³-hybridized carbons (Fsp3) is 0.286. The van der Waals surface area contributed by atoms with Gasteiger partial charge in [0.05, 0.1) is 25.4 Å². The molecule has 0 aliphatic rings. The van der Waals surface area contributed by atoms with E-state index in [1.165, 1.54) is 4.57 Å². The Morgan fingerprint density at radius 3 is 2.87 bits per heavy atom. The molecule has 0 spiro atoms. The minimum absolute atomic E-state index is 0.0519. The first-order valence-corrected chi connectivity index (χ1v) is 10.1. The van der Waals surface area contributed by atoms with Crippen LogP contribution in [-0.4, -0.2) is 27.6 Å². The number of carbonyl (C=O) groups is 1. The van der Waals surface area contributed by atoms with Crippen LogP contribution in [-0.2, 0) is 17.9 Å². The number of amides is 1. The van der Waals surface area contributed by atoms with Crippen LogP contribution in [0.4, 0.5) is 0 Å². The molecule has 3 aromatic heterocycles. The first kappa shape index (κ1) is 20.0. The van der Waals surface area contributed by atoms with E-state index in [2.05, 4.69) is 15.3 Å². The van der Waals surface area contributed by atoms with Crippen molar-refractivity contribution in [1.29, 1.82) is 0 Å². The minimum atomic E-state index is -0.175. The molecule has 1 amide bonds. The molecule has 0 saturated heterocycles. The molecule has 0 atom stereocenters. The molecule has 0 aliphatic carbocycles. The lowest BCUT2D eigenvalue weighted by molar-refractivity contribution is -0.121. The first-order chi connectivity index (χ1) is 14.6. The van der Waals surface area contributed by atoms with Crippen LogP contribution in [0.1, 0.15) is 25.0 Å². The van der Waals surface area contributed by atoms with Crippen molar-refractivity contribution < 1.29 is 13.9 Å². The predicted molar refractivity (Wildman–Crippen MR) is 116 cm³/mol. The Hall–Kier alpha value is -3.33. The van der Waals surface area contributed by atoms with Gasteiger partial charge in [-0.25, -0.2) is 0 Å². The number of benzene rings is 1. The average Bonchev–Trinajstić information content (AvgIpc) is 3.39. The summed E-state index contributed by atoms with van der Waals surface area (Å²) in [5.41, 5.74) is 1.81. The standard InChI is InChI=1S/C21H22N4O4S/c1-28-13-7-8-16-15(11-13)18-19(23-16)20(27)25(21(30)24-18)9-3-2-6-17(26)22-12-14-5-4-10-29-14/h4-5,7-8,10-11,23H,2-3,6,9,12H2,1H3,(H,22,26)(H,24,30). The van der Waals surface area contributed by atoms with Crippen molar-refractivity contribution in [3.8, 4) is 5.75 Å². The molecule has 0 aliphatic heterocycles. The van der Waals surface area contributed by atoms with Gasteiger partial charge in [-0.1, -0.05) is 0 Å². The number of hydrogen-bond donors (Lipinski definition) is 3. The van der Waals surface area contributed by atoms with E-state index in [0.29, 0.717) is 59.7 Å². The summed E-state index contributed by atoms with van der Waals surface area (Å²) in [5, 5.41) is 3.67. The lowest BCUT2D eigenvalue weighted by Gasteiger charge is -2.07. The summed E-state index contributed by atoms with van der Waals surface area (Å²) in [6.45, 7) is 0.812. The number of ether oxygens (including phenoxy) is 1. The lowest BCUT2D eigenvalue weighted by Crippen LogP contribution is -2.24. The van der Waals surface area contributed by atoms with E-state index >= 15 is 0 Å². The number of carbonyl (C=O) groups excluding carboxylic acids is 1. The molecule has 4 aromatic rings. The largest absolute Gasteiger partial charge is 0.497 e. The number of aromatic amines is 2. The highest BCUT2D eigenvalue weighted by Crippen LogP contribution is 2.25. The van der Waals surface area contributed by atoms with Crippen molar-refractivity contribution in [1.82, 2.24) is 19.9 Å². The highest BCUT2D eigenvalue weighted by molar-refractivity contribution is 7.71. The molecule has 3 heterocycles. The zero-order chi connectivity index (χ0) is 21.1. The summed E-state index contributed by atoms with van der Waals surface area (Å²) in [7, 11) is 1.60. The Labute approximate surface area is 176 Å². The molecular formula is C21H22N4O4S. The Balaban J connectivity index is 1.43. The number of rotatable bonds is 8. The van der Waals surface area contributed by atoms with Crippen molar-refractivity contribution in [3.05, 3.63) is 57.5 Å². The van der Waals surface area contributed by atoms with Crippen LogP contribution in [0.3, 0.4) is 0 Å². The molecule has 156 valence electrons. The first-order valence-electron chi connectivity index (χ1n) is 9.68. The van der Waals surface area contributed by atoms with E-state index in [0.717, 1.165) is 10.9 Å². The molecular weight excluding hydrogens is 404 g/mol. The molecule has 3 N–H and O–H groups in total. The van der Waals surface area contributed by atoms with E-state index in [1.807, 2.05) is 24.3 Å². The van der Waals surface area contributed by atoms with Crippen LogP contribution < -0.4 is 15.6 Å². The number of hydrogen-bond acceptors (Lipinski definition) is 5. The zero-order valence-corrected chi connectivity index (χ0v) is 17.3. The van der Waals surface area contributed by atoms with Gasteiger partial charge in [0, 0.05) is 23.9 Å². The number of H-pyrrole nitrogens is 2. The highest BCUT2D eigenvalue weighted by atomic mass is 32.1. The smallest absolute Gasteiger partial charge is 0.278 e. The number of nitrogens with zero attached hydrogens (tertiary/aromatic N) is 1. The summed E-state index contributed by atoms with van der Waals surface area (Å²) < 4.78 is 12.4. The SMILES string of the molecule is COc1ccc2[nH]c3c(=O)n(CCCCC(=O)NCc4ccco4)c(=S)[nH]c3c2c1. The predicted octanol–water partition coefficient (Wildman–Crippen LogP) is 3.63. The van der Waals surface area contributed by atoms with Crippen LogP contribution in [0, 0.1) is 4.77 Å². The third-order valence-electron chi connectivity index (χ3n) is 5.02. The molecule has 9 heteroatoms. The van der Waals surface area contributed by atoms with Gasteiger partial charge in [0.1, 0.15) is 17.0 Å². The van der Waals surface area contributed by atoms with Gasteiger partial charge < -0.3 is 24.4 Å². The molecule has 0 bridgehead atoms. The minimum Gasteiger partial charge on any atom is -0.497 e. The van der Waals surface area contributed by atoms with Gasteiger partial charge in [0.25, 0.3) is 5.56 Å². The summed E-state index contributed by atoms with van der Waals surface area (Å²) in [5.74, 6) is 1.37. The number of unbranched alkanes of at least 4 members (excludes halogenated alkanes) is 1. The Kier molecular flexibility index (Phi) is 5.71. The van der Waals surface area contributed by atoms with Crippen LogP contribution in [0.5, 0.6) is 5.75 Å². The van der Waals surface area contributed by atoms with Gasteiger partial charge in [0.2, 0.25) is 5.91 Å². The van der Waals surface area contributed by atoms with Gasteiger partial charge >= 0.3 is 0 Å². The van der Waals surface area contributed by atoms with Crippen LogP contribution in [0.15, 0.2) is 45.8 Å². The van der Waals surface area contributed by atoms with Gasteiger partial charge in [-0.2, -0.15) is 0 Å². The monoisotopic (exact) mass is 426 g/mol. The number of furan rings is 1. The average molecular weight is 426 g/mol. The van der Waals surface area contributed by atoms with E-state index in [4.69, 9.17) is 21.4 Å². The van der Waals surface area contributed by atoms with Gasteiger partial charge in [-0.3, -0.25) is 14.2 Å². The highest BCUT2D eigenvalue weighted by Gasteiger charge is 2.12.